The maximum absolute atomic E-state index is 3.61. The lowest BCUT2D eigenvalue weighted by molar-refractivity contribution is 0.221. The quantitative estimate of drug-likeness (QED) is 0.698. The second-order valence-electron chi connectivity index (χ2n) is 6.40. The van der Waals surface area contributed by atoms with Gasteiger partial charge in [-0.3, -0.25) is 0 Å². The number of allylic oxidation sites excluding steroid dienone is 1. The maximum Gasteiger partial charge on any atom is 0.0129 e. The van der Waals surface area contributed by atoms with Crippen LogP contribution in [0.4, 0.5) is 0 Å². The van der Waals surface area contributed by atoms with Crippen molar-refractivity contribution in [2.45, 2.75) is 77.2 Å². The summed E-state index contributed by atoms with van der Waals surface area (Å²) in [6, 6.07) is 0.743. The topological polar surface area (TPSA) is 12.0 Å². The first-order valence-electron chi connectivity index (χ1n) is 8.18. The normalized spacial score (nSPS) is 30.9. The molecule has 0 heterocycles. The summed E-state index contributed by atoms with van der Waals surface area (Å²) in [7, 11) is 2.17. The van der Waals surface area contributed by atoms with E-state index in [9.17, 15) is 0 Å². The third-order valence-corrected chi connectivity index (χ3v) is 5.28. The predicted molar refractivity (Wildman–Crippen MR) is 79.8 cm³/mol. The Morgan fingerprint density at radius 1 is 1.22 bits per heavy atom. The fourth-order valence-electron chi connectivity index (χ4n) is 3.88. The van der Waals surface area contributed by atoms with E-state index in [1.807, 2.05) is 0 Å². The molecular formula is C17H31N. The fraction of sp³-hybridized carbons (Fsp3) is 0.882. The van der Waals surface area contributed by atoms with Crippen LogP contribution in [0.1, 0.15) is 71.1 Å². The van der Waals surface area contributed by atoms with Crippen molar-refractivity contribution in [1.29, 1.82) is 0 Å². The predicted octanol–water partition coefficient (Wildman–Crippen LogP) is 4.68. The van der Waals surface area contributed by atoms with E-state index in [4.69, 9.17) is 0 Å². The zero-order chi connectivity index (χ0) is 12.8. The van der Waals surface area contributed by atoms with Crippen LogP contribution in [-0.4, -0.2) is 13.1 Å². The summed E-state index contributed by atoms with van der Waals surface area (Å²) in [6.45, 7) is 2.35. The van der Waals surface area contributed by atoms with E-state index in [0.717, 1.165) is 17.9 Å². The summed E-state index contributed by atoms with van der Waals surface area (Å²) in [6.07, 6.45) is 16.6. The van der Waals surface area contributed by atoms with E-state index in [-0.39, 0.29) is 0 Å². The van der Waals surface area contributed by atoms with E-state index in [1.165, 1.54) is 64.2 Å². The summed E-state index contributed by atoms with van der Waals surface area (Å²) < 4.78 is 0. The summed E-state index contributed by atoms with van der Waals surface area (Å²) in [4.78, 5) is 0. The van der Waals surface area contributed by atoms with E-state index < -0.39 is 0 Å². The smallest absolute Gasteiger partial charge is 0.0129 e. The van der Waals surface area contributed by atoms with Crippen molar-refractivity contribution in [3.8, 4) is 0 Å². The highest BCUT2D eigenvalue weighted by molar-refractivity contribution is 5.07. The van der Waals surface area contributed by atoms with E-state index in [0.29, 0.717) is 0 Å². The van der Waals surface area contributed by atoms with Crippen molar-refractivity contribution < 1.29 is 0 Å². The average molecular weight is 249 g/mol. The first kappa shape index (κ1) is 14.1. The molecule has 1 N–H and O–H groups in total. The van der Waals surface area contributed by atoms with Gasteiger partial charge in [-0.2, -0.15) is 0 Å². The Morgan fingerprint density at radius 3 is 2.56 bits per heavy atom. The van der Waals surface area contributed by atoms with E-state index in [1.54, 1.807) is 5.57 Å². The zero-order valence-corrected chi connectivity index (χ0v) is 12.4. The fourth-order valence-corrected chi connectivity index (χ4v) is 3.88. The van der Waals surface area contributed by atoms with Gasteiger partial charge in [-0.25, -0.2) is 0 Å². The molecule has 1 nitrogen and oxygen atoms in total. The number of hydrogen-bond donors (Lipinski definition) is 1. The molecule has 1 atom stereocenters. The van der Waals surface area contributed by atoms with Gasteiger partial charge in [0, 0.05) is 6.04 Å². The van der Waals surface area contributed by atoms with Crippen LogP contribution in [0.25, 0.3) is 0 Å². The van der Waals surface area contributed by atoms with Crippen LogP contribution in [0.3, 0.4) is 0 Å². The Bertz CT molecular complexity index is 261. The Kier molecular flexibility index (Phi) is 5.75. The second kappa shape index (κ2) is 7.33. The molecule has 2 rings (SSSR count). The first-order chi connectivity index (χ1) is 8.83. The Balaban J connectivity index is 1.83. The second-order valence-corrected chi connectivity index (χ2v) is 6.40. The Morgan fingerprint density at radius 2 is 2.00 bits per heavy atom. The monoisotopic (exact) mass is 249 g/mol. The molecule has 1 saturated carbocycles. The van der Waals surface area contributed by atoms with Gasteiger partial charge in [0.1, 0.15) is 0 Å². The zero-order valence-electron chi connectivity index (χ0n) is 12.4. The van der Waals surface area contributed by atoms with E-state index in [2.05, 4.69) is 25.4 Å². The van der Waals surface area contributed by atoms with Crippen LogP contribution in [-0.2, 0) is 0 Å². The third kappa shape index (κ3) is 3.85. The molecule has 0 aromatic carbocycles. The molecule has 0 spiro atoms. The molecular weight excluding hydrogens is 218 g/mol. The Hall–Kier alpha value is -0.300. The largest absolute Gasteiger partial charge is 0.316 e. The minimum Gasteiger partial charge on any atom is -0.316 e. The van der Waals surface area contributed by atoms with Crippen LogP contribution in [0.15, 0.2) is 11.6 Å². The summed E-state index contributed by atoms with van der Waals surface area (Å²) >= 11 is 0. The summed E-state index contributed by atoms with van der Waals surface area (Å²) in [5, 5.41) is 3.61. The highest BCUT2D eigenvalue weighted by Crippen LogP contribution is 2.34. The SMILES string of the molecule is CCC1CCC(C(CC2=CCCCC2)NC)CC1. The van der Waals surface area contributed by atoms with Gasteiger partial charge < -0.3 is 5.32 Å². The van der Waals surface area contributed by atoms with Crippen molar-refractivity contribution in [3.63, 3.8) is 0 Å². The maximum atomic E-state index is 3.61. The first-order valence-corrected chi connectivity index (χ1v) is 8.18. The van der Waals surface area contributed by atoms with Gasteiger partial charge in [0.2, 0.25) is 0 Å². The molecule has 1 fully saturated rings. The highest BCUT2D eigenvalue weighted by atomic mass is 14.9. The molecule has 0 aromatic heterocycles. The molecule has 104 valence electrons. The lowest BCUT2D eigenvalue weighted by Crippen LogP contribution is -2.36. The molecule has 1 heteroatoms. The summed E-state index contributed by atoms with van der Waals surface area (Å²) in [5.74, 6) is 1.95. The molecule has 2 aliphatic carbocycles. The van der Waals surface area contributed by atoms with Crippen LogP contribution in [0.5, 0.6) is 0 Å². The van der Waals surface area contributed by atoms with E-state index >= 15 is 0 Å². The van der Waals surface area contributed by atoms with Crippen molar-refractivity contribution in [3.05, 3.63) is 11.6 Å². The van der Waals surface area contributed by atoms with Crippen molar-refractivity contribution >= 4 is 0 Å². The van der Waals surface area contributed by atoms with Crippen LogP contribution in [0, 0.1) is 11.8 Å². The minimum absolute atomic E-state index is 0.743. The lowest BCUT2D eigenvalue weighted by Gasteiger charge is -2.34. The standard InChI is InChI=1S/C17H31N/c1-3-14-9-11-16(12-10-14)17(18-2)13-15-7-5-4-6-8-15/h7,14,16-18H,3-6,8-13H2,1-2H3. The van der Waals surface area contributed by atoms with Gasteiger partial charge in [-0.05, 0) is 63.8 Å². The highest BCUT2D eigenvalue weighted by Gasteiger charge is 2.26. The van der Waals surface area contributed by atoms with Crippen LogP contribution in [0.2, 0.25) is 0 Å². The van der Waals surface area contributed by atoms with Gasteiger partial charge in [0.25, 0.3) is 0 Å². The molecule has 0 bridgehead atoms. The molecule has 0 aliphatic heterocycles. The van der Waals surface area contributed by atoms with Crippen LogP contribution >= 0.6 is 0 Å². The van der Waals surface area contributed by atoms with Gasteiger partial charge >= 0.3 is 0 Å². The molecule has 0 amide bonds. The van der Waals surface area contributed by atoms with Crippen molar-refractivity contribution in [2.75, 3.05) is 7.05 Å². The molecule has 0 aromatic rings. The van der Waals surface area contributed by atoms with Crippen molar-refractivity contribution in [2.24, 2.45) is 11.8 Å². The molecule has 18 heavy (non-hydrogen) atoms. The molecule has 0 radical (unpaired) electrons. The van der Waals surface area contributed by atoms with Gasteiger partial charge in [-0.15, -0.1) is 0 Å². The minimum atomic E-state index is 0.743. The van der Waals surface area contributed by atoms with Crippen LogP contribution < -0.4 is 5.32 Å². The van der Waals surface area contributed by atoms with Gasteiger partial charge in [0.05, 0.1) is 0 Å². The Labute approximate surface area is 113 Å². The summed E-state index contributed by atoms with van der Waals surface area (Å²) in [5.41, 5.74) is 1.73. The average Bonchev–Trinajstić information content (AvgIpc) is 2.46. The molecule has 1 unspecified atom stereocenters. The lowest BCUT2D eigenvalue weighted by atomic mass is 9.76. The third-order valence-electron chi connectivity index (χ3n) is 5.28. The number of rotatable bonds is 5. The molecule has 0 saturated heterocycles. The molecule has 2 aliphatic rings. The number of hydrogen-bond acceptors (Lipinski definition) is 1. The van der Waals surface area contributed by atoms with Gasteiger partial charge in [-0.1, -0.05) is 37.8 Å². The number of nitrogens with one attached hydrogen (secondary N) is 1. The van der Waals surface area contributed by atoms with Crippen molar-refractivity contribution in [1.82, 2.24) is 5.32 Å². The van der Waals surface area contributed by atoms with Gasteiger partial charge in [0.15, 0.2) is 0 Å².